The number of hydrogen-bond donors (Lipinski definition) is 0. The third kappa shape index (κ3) is 9.81. The summed E-state index contributed by atoms with van der Waals surface area (Å²) in [6, 6.07) is 26.9. The van der Waals surface area contributed by atoms with E-state index in [-0.39, 0.29) is 30.2 Å². The first-order valence-corrected chi connectivity index (χ1v) is 14.9. The van der Waals surface area contributed by atoms with Crippen molar-refractivity contribution in [3.8, 4) is 11.1 Å². The van der Waals surface area contributed by atoms with Gasteiger partial charge in [0.1, 0.15) is 0 Å². The molecule has 2 aliphatic carbocycles. The summed E-state index contributed by atoms with van der Waals surface area (Å²) in [6.07, 6.45) is 8.00. The predicted octanol–water partition coefficient (Wildman–Crippen LogP) is 3.50. The van der Waals surface area contributed by atoms with Gasteiger partial charge in [-0.15, -0.1) is 5.56 Å². The van der Waals surface area contributed by atoms with Gasteiger partial charge in [-0.25, -0.2) is 5.57 Å². The number of halogens is 2. The Kier molecular flexibility index (Phi) is 14.1. The van der Waals surface area contributed by atoms with E-state index in [4.69, 9.17) is 0 Å². The standard InChI is InChI=1S/C13H9.C12H19.C11H14.2ClH.Zr/c1-3-7-12-10(5-1)9-11-6-2-4-8-13(11)12;1-6-10-7-9(2)8-11(10)12(3,4)5;1-9-5-7-10(8-6-9)11(2,3)4;;;/h1-5,7-8H,9H2;8-9H,6H2,1-5H3;1,5-8H,2-4H3;2*1H;/q2*-1;;;;+2/p-2. The molecule has 0 radical (unpaired) electrons. The first kappa shape index (κ1) is 35.5. The Morgan fingerprint density at radius 3 is 2.00 bits per heavy atom. The normalized spacial score (nSPS) is 15.0. The Labute approximate surface area is 265 Å². The second-order valence-electron chi connectivity index (χ2n) is 12.0. The molecule has 0 aliphatic heterocycles. The molecule has 0 saturated heterocycles. The second kappa shape index (κ2) is 15.5. The van der Waals surface area contributed by atoms with Crippen LogP contribution in [0.2, 0.25) is 0 Å². The molecule has 0 saturated carbocycles. The van der Waals surface area contributed by atoms with Crippen molar-refractivity contribution in [2.45, 2.75) is 73.6 Å². The molecule has 0 heterocycles. The van der Waals surface area contributed by atoms with Crippen molar-refractivity contribution in [3.63, 3.8) is 0 Å². The molecule has 39 heavy (non-hydrogen) atoms. The molecule has 3 aromatic carbocycles. The quantitative estimate of drug-likeness (QED) is 0.296. The third-order valence-corrected chi connectivity index (χ3v) is 7.68. The van der Waals surface area contributed by atoms with Gasteiger partial charge >= 0.3 is 89.5 Å². The SMILES string of the molecule is CC(C)(C)c1ccc([CH]=[Zr+2])cc1.CCC1=[C-]C(C)C=C1C(C)(C)C.[Cl-].[Cl-].[c-]1cccc2c1Cc1ccccc1-2. The Morgan fingerprint density at radius 2 is 1.46 bits per heavy atom. The van der Waals surface area contributed by atoms with Gasteiger partial charge in [0.2, 0.25) is 0 Å². The van der Waals surface area contributed by atoms with E-state index in [0.29, 0.717) is 11.3 Å². The first-order valence-electron chi connectivity index (χ1n) is 13.5. The van der Waals surface area contributed by atoms with Crippen LogP contribution in [0.3, 0.4) is 0 Å². The zero-order chi connectivity index (χ0) is 27.2. The van der Waals surface area contributed by atoms with Gasteiger partial charge in [-0.2, -0.15) is 41.5 Å². The first-order chi connectivity index (χ1) is 17.4. The zero-order valence-electron chi connectivity index (χ0n) is 24.8. The molecule has 3 aromatic rings. The molecule has 0 bridgehead atoms. The fourth-order valence-electron chi connectivity index (χ4n) is 4.82. The van der Waals surface area contributed by atoms with Crippen molar-refractivity contribution < 1.29 is 49.0 Å². The van der Waals surface area contributed by atoms with Crippen molar-refractivity contribution >= 4 is 3.71 Å². The van der Waals surface area contributed by atoms with Crippen LogP contribution in [-0.4, -0.2) is 3.71 Å². The number of hydrogen-bond acceptors (Lipinski definition) is 0. The Hall–Kier alpha value is -1.53. The van der Waals surface area contributed by atoms with E-state index in [1.165, 1.54) is 68.8 Å². The molecular weight excluding hydrogens is 595 g/mol. The van der Waals surface area contributed by atoms with Crippen LogP contribution in [0, 0.1) is 23.5 Å². The molecule has 206 valence electrons. The Balaban J connectivity index is 0.000000286. The van der Waals surface area contributed by atoms with Crippen LogP contribution >= 0.6 is 0 Å². The molecule has 0 N–H and O–H groups in total. The molecule has 2 aliphatic rings. The summed E-state index contributed by atoms with van der Waals surface area (Å²) in [5.74, 6) is 0.522. The van der Waals surface area contributed by atoms with Gasteiger partial charge in [-0.05, 0) is 6.42 Å². The van der Waals surface area contributed by atoms with E-state index in [1.54, 1.807) is 0 Å². The summed E-state index contributed by atoms with van der Waals surface area (Å²) in [4.78, 5) is 0. The van der Waals surface area contributed by atoms with Gasteiger partial charge in [0.15, 0.2) is 0 Å². The number of allylic oxidation sites excluding steroid dienone is 4. The van der Waals surface area contributed by atoms with E-state index in [0.717, 1.165) is 12.8 Å². The van der Waals surface area contributed by atoms with E-state index in [1.807, 2.05) is 6.07 Å². The fraction of sp³-hybridized carbons (Fsp3) is 0.361. The smallest absolute Gasteiger partial charge is 0.0253 e. The average molecular weight is 637 g/mol. The molecule has 0 spiro atoms. The van der Waals surface area contributed by atoms with E-state index in [9.17, 15) is 0 Å². The van der Waals surface area contributed by atoms with E-state index < -0.39 is 0 Å². The molecule has 0 amide bonds. The minimum atomic E-state index is 0. The van der Waals surface area contributed by atoms with Crippen LogP contribution in [0.4, 0.5) is 0 Å². The molecular formula is C36H42Cl2Zr-2. The summed E-state index contributed by atoms with van der Waals surface area (Å²) in [5, 5.41) is 0. The van der Waals surface area contributed by atoms with Crippen LogP contribution in [0.1, 0.15) is 84.1 Å². The molecule has 1 unspecified atom stereocenters. The fourth-order valence-corrected chi connectivity index (χ4v) is 5.29. The number of benzene rings is 3. The molecule has 3 heteroatoms. The molecule has 5 rings (SSSR count). The van der Waals surface area contributed by atoms with Gasteiger partial charge in [0.05, 0.1) is 0 Å². The molecule has 1 atom stereocenters. The minimum absolute atomic E-state index is 0. The third-order valence-electron chi connectivity index (χ3n) is 6.87. The summed E-state index contributed by atoms with van der Waals surface area (Å²) in [7, 11) is 0. The monoisotopic (exact) mass is 634 g/mol. The topological polar surface area (TPSA) is 0 Å². The predicted molar refractivity (Wildman–Crippen MR) is 158 cm³/mol. The number of rotatable bonds is 2. The Morgan fingerprint density at radius 1 is 0.846 bits per heavy atom. The summed E-state index contributed by atoms with van der Waals surface area (Å²) >= 11 is 1.46. The van der Waals surface area contributed by atoms with Crippen LogP contribution in [0.25, 0.3) is 11.1 Å². The maximum atomic E-state index is 3.48. The van der Waals surface area contributed by atoms with Crippen LogP contribution in [-0.2, 0) is 36.1 Å². The maximum Gasteiger partial charge on any atom is -0.0253 e. The van der Waals surface area contributed by atoms with Crippen molar-refractivity contribution in [2.75, 3.05) is 0 Å². The van der Waals surface area contributed by atoms with Crippen LogP contribution in [0.15, 0.2) is 84.0 Å². The van der Waals surface area contributed by atoms with Crippen molar-refractivity contribution in [3.05, 3.63) is 118 Å². The van der Waals surface area contributed by atoms with Crippen LogP contribution in [0.5, 0.6) is 0 Å². The molecule has 0 fully saturated rings. The van der Waals surface area contributed by atoms with Crippen molar-refractivity contribution in [2.24, 2.45) is 11.3 Å². The van der Waals surface area contributed by atoms with Gasteiger partial charge in [0, 0.05) is 0 Å². The minimum Gasteiger partial charge on any atom is -1.00 e. The average Bonchev–Trinajstić information content (AvgIpc) is 3.44. The summed E-state index contributed by atoms with van der Waals surface area (Å²) in [5.41, 5.74) is 11.7. The van der Waals surface area contributed by atoms with Gasteiger partial charge in [-0.3, -0.25) is 6.08 Å². The van der Waals surface area contributed by atoms with E-state index >= 15 is 0 Å². The maximum absolute atomic E-state index is 3.48. The zero-order valence-corrected chi connectivity index (χ0v) is 28.7. The largest absolute Gasteiger partial charge is 1.00 e. The van der Waals surface area contributed by atoms with Crippen LogP contribution < -0.4 is 24.8 Å². The summed E-state index contributed by atoms with van der Waals surface area (Å²) < 4.78 is 2.21. The molecule has 0 aromatic heterocycles. The Bertz CT molecular complexity index is 1220. The summed E-state index contributed by atoms with van der Waals surface area (Å²) in [6.45, 7) is 17.9. The van der Waals surface area contributed by atoms with Crippen molar-refractivity contribution in [1.29, 1.82) is 0 Å². The van der Waals surface area contributed by atoms with E-state index in [2.05, 4.69) is 138 Å². The van der Waals surface area contributed by atoms with Gasteiger partial charge in [0.25, 0.3) is 0 Å². The second-order valence-corrected chi connectivity index (χ2v) is 12.7. The number of fused-ring (bicyclic) bond motifs is 3. The van der Waals surface area contributed by atoms with Gasteiger partial charge < -0.3 is 24.8 Å². The van der Waals surface area contributed by atoms with Crippen molar-refractivity contribution in [1.82, 2.24) is 0 Å². The van der Waals surface area contributed by atoms with Gasteiger partial charge in [-0.1, -0.05) is 87.8 Å². The molecule has 0 nitrogen and oxygen atoms in total.